The Bertz CT molecular complexity index is 67.0. The molecule has 1 radical (unpaired) electrons. The number of ether oxygens (including phenoxy) is 1. The van der Waals surface area contributed by atoms with E-state index in [-0.39, 0.29) is 0 Å². The van der Waals surface area contributed by atoms with Crippen LogP contribution in [0.1, 0.15) is 26.2 Å². The zero-order valence-corrected chi connectivity index (χ0v) is 6.10. The molecule has 0 aliphatic carbocycles. The second kappa shape index (κ2) is 7.54. The number of rotatable bonds is 5. The molecule has 0 atom stereocenters. The summed E-state index contributed by atoms with van der Waals surface area (Å²) in [5.74, 6) is 0. The molecule has 0 bridgehead atoms. The van der Waals surface area contributed by atoms with E-state index < -0.39 is 0 Å². The van der Waals surface area contributed by atoms with Crippen molar-refractivity contribution in [3.8, 4) is 0 Å². The molecule has 0 amide bonds. The minimum absolute atomic E-state index is 0.736. The third-order valence-electron chi connectivity index (χ3n) is 0.910. The maximum absolute atomic E-state index is 5.04. The molecular formula is C8H15O. The Morgan fingerprint density at radius 1 is 1.56 bits per heavy atom. The van der Waals surface area contributed by atoms with Gasteiger partial charge in [0.15, 0.2) is 0 Å². The van der Waals surface area contributed by atoms with E-state index in [1.165, 1.54) is 6.42 Å². The summed E-state index contributed by atoms with van der Waals surface area (Å²) in [6.07, 6.45) is 6.93. The van der Waals surface area contributed by atoms with Crippen molar-refractivity contribution in [2.45, 2.75) is 26.2 Å². The smallest absolute Gasteiger partial charge is 0.0873 e. The maximum atomic E-state index is 5.04. The highest BCUT2D eigenvalue weighted by Gasteiger charge is 1.74. The van der Waals surface area contributed by atoms with Crippen LogP contribution in [0.2, 0.25) is 0 Å². The Kier molecular flexibility index (Phi) is 7.15. The van der Waals surface area contributed by atoms with Crippen molar-refractivity contribution < 1.29 is 4.74 Å². The minimum atomic E-state index is 0.736. The number of hydrogen-bond donors (Lipinski definition) is 0. The average Bonchev–Trinajstić information content (AvgIpc) is 1.89. The molecule has 0 aliphatic rings. The molecule has 0 heterocycles. The minimum Gasteiger partial charge on any atom is -0.502 e. The molecule has 0 aromatic heterocycles. The fraction of sp³-hybridized carbons (Fsp3) is 0.625. The highest BCUT2D eigenvalue weighted by atomic mass is 16.5. The van der Waals surface area contributed by atoms with Gasteiger partial charge in [0, 0.05) is 0 Å². The van der Waals surface area contributed by atoms with Crippen molar-refractivity contribution in [1.82, 2.24) is 0 Å². The Morgan fingerprint density at radius 3 is 2.89 bits per heavy atom. The third kappa shape index (κ3) is 7.54. The standard InChI is InChI=1S/C8H15O/c1-3-5-6-8-9-7-4-2/h6,8H,2-5,7H2,1H3. The quantitative estimate of drug-likeness (QED) is 0.407. The van der Waals surface area contributed by atoms with Crippen molar-refractivity contribution >= 4 is 0 Å². The van der Waals surface area contributed by atoms with Crippen LogP contribution in [-0.2, 0) is 4.74 Å². The molecular weight excluding hydrogens is 112 g/mol. The van der Waals surface area contributed by atoms with Crippen molar-refractivity contribution in [3.63, 3.8) is 0 Å². The van der Waals surface area contributed by atoms with Crippen molar-refractivity contribution in [3.05, 3.63) is 19.3 Å². The lowest BCUT2D eigenvalue weighted by molar-refractivity contribution is 0.254. The second-order valence-corrected chi connectivity index (χ2v) is 1.88. The van der Waals surface area contributed by atoms with Crippen molar-refractivity contribution in [2.24, 2.45) is 0 Å². The van der Waals surface area contributed by atoms with Crippen LogP contribution in [0.15, 0.2) is 12.3 Å². The lowest BCUT2D eigenvalue weighted by Crippen LogP contribution is -1.81. The molecule has 0 spiro atoms. The van der Waals surface area contributed by atoms with Crippen LogP contribution in [0.5, 0.6) is 0 Å². The van der Waals surface area contributed by atoms with Gasteiger partial charge in [-0.05, 0) is 25.8 Å². The molecule has 0 rings (SSSR count). The van der Waals surface area contributed by atoms with Crippen molar-refractivity contribution in [2.75, 3.05) is 6.61 Å². The number of allylic oxidation sites excluding steroid dienone is 1. The van der Waals surface area contributed by atoms with Crippen LogP contribution < -0.4 is 0 Å². The van der Waals surface area contributed by atoms with E-state index in [9.17, 15) is 0 Å². The predicted molar refractivity (Wildman–Crippen MR) is 40.0 cm³/mol. The summed E-state index contributed by atoms with van der Waals surface area (Å²) >= 11 is 0. The van der Waals surface area contributed by atoms with E-state index in [4.69, 9.17) is 4.74 Å². The van der Waals surface area contributed by atoms with Crippen LogP contribution in [0.4, 0.5) is 0 Å². The SMILES string of the molecule is [CH2]CCOC=CCCC. The Balaban J connectivity index is 2.86. The first kappa shape index (κ1) is 8.54. The van der Waals surface area contributed by atoms with Gasteiger partial charge >= 0.3 is 0 Å². The van der Waals surface area contributed by atoms with Gasteiger partial charge in [-0.15, -0.1) is 0 Å². The zero-order chi connectivity index (χ0) is 6.95. The molecule has 0 saturated carbocycles. The monoisotopic (exact) mass is 127 g/mol. The van der Waals surface area contributed by atoms with E-state index in [0.717, 1.165) is 19.4 Å². The molecule has 1 nitrogen and oxygen atoms in total. The number of hydrogen-bond acceptors (Lipinski definition) is 1. The summed E-state index contributed by atoms with van der Waals surface area (Å²) in [6.45, 7) is 6.53. The number of unbranched alkanes of at least 4 members (excludes halogenated alkanes) is 1. The molecule has 0 unspecified atom stereocenters. The third-order valence-corrected chi connectivity index (χ3v) is 0.910. The summed E-state index contributed by atoms with van der Waals surface area (Å²) in [5.41, 5.74) is 0. The van der Waals surface area contributed by atoms with Gasteiger partial charge in [0.1, 0.15) is 0 Å². The molecule has 1 heteroatoms. The Hall–Kier alpha value is -0.460. The fourth-order valence-electron chi connectivity index (χ4n) is 0.454. The van der Waals surface area contributed by atoms with E-state index in [1.54, 1.807) is 6.26 Å². The van der Waals surface area contributed by atoms with Gasteiger partial charge < -0.3 is 4.74 Å². The molecule has 0 fully saturated rings. The van der Waals surface area contributed by atoms with Gasteiger partial charge in [-0.1, -0.05) is 13.3 Å². The van der Waals surface area contributed by atoms with Crippen LogP contribution in [0.25, 0.3) is 0 Å². The van der Waals surface area contributed by atoms with E-state index in [1.807, 2.05) is 6.08 Å². The van der Waals surface area contributed by atoms with Crippen LogP contribution in [0, 0.1) is 6.92 Å². The molecule has 0 aliphatic heterocycles. The van der Waals surface area contributed by atoms with E-state index in [2.05, 4.69) is 13.8 Å². The van der Waals surface area contributed by atoms with Gasteiger partial charge in [0.2, 0.25) is 0 Å². The Labute approximate surface area is 57.7 Å². The van der Waals surface area contributed by atoms with Gasteiger partial charge in [-0.2, -0.15) is 0 Å². The largest absolute Gasteiger partial charge is 0.502 e. The molecule has 0 aromatic carbocycles. The summed E-state index contributed by atoms with van der Waals surface area (Å²) in [4.78, 5) is 0. The summed E-state index contributed by atoms with van der Waals surface area (Å²) in [6, 6.07) is 0. The molecule has 0 saturated heterocycles. The van der Waals surface area contributed by atoms with Gasteiger partial charge in [0.25, 0.3) is 0 Å². The molecule has 0 N–H and O–H groups in total. The predicted octanol–water partition coefficient (Wildman–Crippen LogP) is 2.54. The van der Waals surface area contributed by atoms with E-state index in [0.29, 0.717) is 0 Å². The molecule has 53 valence electrons. The fourth-order valence-corrected chi connectivity index (χ4v) is 0.454. The summed E-state index contributed by atoms with van der Waals surface area (Å²) < 4.78 is 5.04. The van der Waals surface area contributed by atoms with Gasteiger partial charge in [0.05, 0.1) is 12.9 Å². The normalized spacial score (nSPS) is 10.4. The lowest BCUT2D eigenvalue weighted by Gasteiger charge is -1.93. The van der Waals surface area contributed by atoms with Crippen LogP contribution in [-0.4, -0.2) is 6.61 Å². The summed E-state index contributed by atoms with van der Waals surface area (Å²) in [7, 11) is 0. The van der Waals surface area contributed by atoms with Crippen LogP contribution >= 0.6 is 0 Å². The lowest BCUT2D eigenvalue weighted by atomic mass is 10.3. The topological polar surface area (TPSA) is 9.23 Å². The first-order chi connectivity index (χ1) is 4.41. The first-order valence-electron chi connectivity index (χ1n) is 3.47. The zero-order valence-electron chi connectivity index (χ0n) is 6.10. The highest BCUT2D eigenvalue weighted by molar-refractivity contribution is 4.71. The Morgan fingerprint density at radius 2 is 2.33 bits per heavy atom. The molecule has 9 heavy (non-hydrogen) atoms. The van der Waals surface area contributed by atoms with Crippen molar-refractivity contribution in [1.29, 1.82) is 0 Å². The summed E-state index contributed by atoms with van der Waals surface area (Å²) in [5, 5.41) is 0. The highest BCUT2D eigenvalue weighted by Crippen LogP contribution is 1.89. The first-order valence-corrected chi connectivity index (χ1v) is 3.47. The van der Waals surface area contributed by atoms with Gasteiger partial charge in [-0.25, -0.2) is 0 Å². The second-order valence-electron chi connectivity index (χ2n) is 1.88. The maximum Gasteiger partial charge on any atom is 0.0873 e. The van der Waals surface area contributed by atoms with Crippen LogP contribution in [0.3, 0.4) is 0 Å². The molecule has 0 aromatic rings. The van der Waals surface area contributed by atoms with Gasteiger partial charge in [-0.3, -0.25) is 0 Å². The van der Waals surface area contributed by atoms with E-state index >= 15 is 0 Å². The average molecular weight is 127 g/mol.